The fourth-order valence-electron chi connectivity index (χ4n) is 2.83. The summed E-state index contributed by atoms with van der Waals surface area (Å²) < 4.78 is 5.38. The smallest absolute Gasteiger partial charge is 0.150 e. The molecule has 0 saturated carbocycles. The van der Waals surface area contributed by atoms with E-state index in [2.05, 4.69) is 43.1 Å². The molecule has 2 rings (SSSR count). The predicted molar refractivity (Wildman–Crippen MR) is 76.9 cm³/mol. The van der Waals surface area contributed by atoms with Crippen LogP contribution < -0.4 is 5.32 Å². The number of nitrogens with one attached hydrogen (secondary N) is 1. The Kier molecular flexibility index (Phi) is 4.63. The Bertz CT molecular complexity index is 400. The topological polar surface area (TPSA) is 41.3 Å². The fraction of sp³-hybridized carbons (Fsp3) is 0.800. The molecule has 0 bridgehead atoms. The molecule has 4 heteroatoms. The second-order valence-corrected chi connectivity index (χ2v) is 6.43. The van der Waals surface area contributed by atoms with Gasteiger partial charge in [-0.15, -0.1) is 0 Å². The van der Waals surface area contributed by atoms with E-state index in [4.69, 9.17) is 4.52 Å². The average Bonchev–Trinajstić information content (AvgIpc) is 2.74. The second kappa shape index (κ2) is 6.06. The first-order valence-electron chi connectivity index (χ1n) is 7.37. The molecule has 0 radical (unpaired) electrons. The van der Waals surface area contributed by atoms with Crippen molar-refractivity contribution in [2.24, 2.45) is 11.8 Å². The molecular formula is C15H27N3O. The second-order valence-electron chi connectivity index (χ2n) is 6.43. The van der Waals surface area contributed by atoms with Crippen LogP contribution in [0.25, 0.3) is 0 Å². The fourth-order valence-corrected chi connectivity index (χ4v) is 2.83. The van der Waals surface area contributed by atoms with Gasteiger partial charge in [-0.3, -0.25) is 4.90 Å². The van der Waals surface area contributed by atoms with Crippen LogP contribution in [0.2, 0.25) is 0 Å². The molecule has 1 aliphatic rings. The van der Waals surface area contributed by atoms with Crippen molar-refractivity contribution in [3.8, 4) is 0 Å². The molecular weight excluding hydrogens is 238 g/mol. The van der Waals surface area contributed by atoms with E-state index in [1.54, 1.807) is 0 Å². The van der Waals surface area contributed by atoms with Gasteiger partial charge in [-0.1, -0.05) is 32.9 Å². The molecule has 1 saturated heterocycles. The molecule has 2 heterocycles. The van der Waals surface area contributed by atoms with Gasteiger partial charge in [0.25, 0.3) is 0 Å². The summed E-state index contributed by atoms with van der Waals surface area (Å²) in [6, 6.07) is 3.18. The molecule has 1 aromatic heterocycles. The number of nitrogens with zero attached hydrogens (tertiary/aromatic N) is 2. The van der Waals surface area contributed by atoms with E-state index in [9.17, 15) is 0 Å². The minimum absolute atomic E-state index is 0.569. The highest BCUT2D eigenvalue weighted by Gasteiger charge is 2.31. The lowest BCUT2D eigenvalue weighted by Crippen LogP contribution is -2.59. The molecule has 1 N–H and O–H groups in total. The summed E-state index contributed by atoms with van der Waals surface area (Å²) >= 11 is 0. The number of hydrogen-bond acceptors (Lipinski definition) is 4. The van der Waals surface area contributed by atoms with Gasteiger partial charge in [-0.05, 0) is 18.8 Å². The molecule has 1 fully saturated rings. The van der Waals surface area contributed by atoms with Crippen LogP contribution in [0, 0.1) is 18.8 Å². The van der Waals surface area contributed by atoms with Crippen LogP contribution in [-0.4, -0.2) is 35.2 Å². The third-order valence-corrected chi connectivity index (χ3v) is 4.10. The highest BCUT2D eigenvalue weighted by molar-refractivity contribution is 5.04. The van der Waals surface area contributed by atoms with Gasteiger partial charge >= 0.3 is 0 Å². The Morgan fingerprint density at radius 1 is 1.37 bits per heavy atom. The van der Waals surface area contributed by atoms with Crippen LogP contribution in [0.5, 0.6) is 0 Å². The van der Waals surface area contributed by atoms with Gasteiger partial charge in [0.05, 0.1) is 12.2 Å². The van der Waals surface area contributed by atoms with E-state index >= 15 is 0 Å². The lowest BCUT2D eigenvalue weighted by atomic mass is 9.94. The van der Waals surface area contributed by atoms with Crippen molar-refractivity contribution >= 4 is 0 Å². The van der Waals surface area contributed by atoms with Crippen molar-refractivity contribution in [1.29, 1.82) is 0 Å². The number of piperazine rings is 1. The van der Waals surface area contributed by atoms with E-state index in [-0.39, 0.29) is 0 Å². The Hall–Kier alpha value is -0.870. The Morgan fingerprint density at radius 3 is 2.63 bits per heavy atom. The maximum absolute atomic E-state index is 5.38. The highest BCUT2D eigenvalue weighted by atomic mass is 16.5. The van der Waals surface area contributed by atoms with Gasteiger partial charge in [0.1, 0.15) is 0 Å². The summed E-state index contributed by atoms with van der Waals surface area (Å²) in [6.07, 6.45) is 0. The van der Waals surface area contributed by atoms with E-state index in [0.717, 1.165) is 31.1 Å². The van der Waals surface area contributed by atoms with Crippen molar-refractivity contribution in [2.45, 2.75) is 53.2 Å². The van der Waals surface area contributed by atoms with Crippen molar-refractivity contribution in [1.82, 2.24) is 15.4 Å². The number of aryl methyl sites for hydroxylation is 1. The van der Waals surface area contributed by atoms with Gasteiger partial charge in [-0.25, -0.2) is 0 Å². The summed E-state index contributed by atoms with van der Waals surface area (Å²) in [5.74, 6) is 2.28. The third-order valence-electron chi connectivity index (χ3n) is 4.10. The monoisotopic (exact) mass is 265 g/mol. The van der Waals surface area contributed by atoms with E-state index in [0.29, 0.717) is 23.9 Å². The van der Waals surface area contributed by atoms with E-state index in [1.807, 2.05) is 13.0 Å². The van der Waals surface area contributed by atoms with Crippen LogP contribution >= 0.6 is 0 Å². The molecule has 1 aliphatic heterocycles. The van der Waals surface area contributed by atoms with Gasteiger partial charge in [-0.2, -0.15) is 0 Å². The van der Waals surface area contributed by atoms with Crippen LogP contribution in [0.3, 0.4) is 0 Å². The van der Waals surface area contributed by atoms with E-state index in [1.165, 1.54) is 0 Å². The molecule has 0 amide bonds. The molecule has 1 aromatic rings. The van der Waals surface area contributed by atoms with Crippen molar-refractivity contribution in [2.75, 3.05) is 13.1 Å². The molecule has 4 nitrogen and oxygen atoms in total. The quantitative estimate of drug-likeness (QED) is 0.908. The zero-order valence-electron chi connectivity index (χ0n) is 12.8. The Labute approximate surface area is 116 Å². The number of rotatable bonds is 4. The minimum atomic E-state index is 0.569. The summed E-state index contributed by atoms with van der Waals surface area (Å²) in [5.41, 5.74) is 0.964. The molecule has 0 aliphatic carbocycles. The SMILES string of the molecule is Cc1cc(CN2CC(C(C)C)NCC2C(C)C)on1. The van der Waals surface area contributed by atoms with Gasteiger partial charge in [0.15, 0.2) is 5.76 Å². The molecule has 108 valence electrons. The first kappa shape index (κ1) is 14.5. The summed E-state index contributed by atoms with van der Waals surface area (Å²) in [4.78, 5) is 2.55. The summed E-state index contributed by atoms with van der Waals surface area (Å²) in [6.45, 7) is 14.1. The third kappa shape index (κ3) is 3.57. The largest absolute Gasteiger partial charge is 0.360 e. The molecule has 2 unspecified atom stereocenters. The van der Waals surface area contributed by atoms with Crippen LogP contribution in [0.4, 0.5) is 0 Å². The van der Waals surface area contributed by atoms with Crippen LogP contribution in [0.15, 0.2) is 10.6 Å². The predicted octanol–water partition coefficient (Wildman–Crippen LogP) is 2.44. The maximum atomic E-state index is 5.38. The number of aromatic nitrogens is 1. The van der Waals surface area contributed by atoms with Gasteiger partial charge < -0.3 is 9.84 Å². The molecule has 2 atom stereocenters. The normalized spacial score (nSPS) is 25.4. The van der Waals surface area contributed by atoms with E-state index < -0.39 is 0 Å². The highest BCUT2D eigenvalue weighted by Crippen LogP contribution is 2.21. The zero-order valence-corrected chi connectivity index (χ0v) is 12.8. The molecule has 19 heavy (non-hydrogen) atoms. The Balaban J connectivity index is 2.07. The van der Waals surface area contributed by atoms with Crippen LogP contribution in [0.1, 0.15) is 39.1 Å². The van der Waals surface area contributed by atoms with Gasteiger partial charge in [0.2, 0.25) is 0 Å². The summed E-state index contributed by atoms with van der Waals surface area (Å²) in [5, 5.41) is 7.67. The average molecular weight is 265 g/mol. The lowest BCUT2D eigenvalue weighted by Gasteiger charge is -2.43. The number of hydrogen-bond donors (Lipinski definition) is 1. The zero-order chi connectivity index (χ0) is 14.0. The first-order valence-corrected chi connectivity index (χ1v) is 7.37. The van der Waals surface area contributed by atoms with Crippen molar-refractivity contribution in [3.05, 3.63) is 17.5 Å². The lowest BCUT2D eigenvalue weighted by molar-refractivity contribution is 0.0701. The maximum Gasteiger partial charge on any atom is 0.150 e. The standard InChI is InChI=1S/C15H27N3O/c1-10(2)14-9-18(15(7-16-14)11(3)4)8-13-6-12(5)17-19-13/h6,10-11,14-16H,7-9H2,1-5H3. The van der Waals surface area contributed by atoms with Crippen molar-refractivity contribution in [3.63, 3.8) is 0 Å². The first-order chi connectivity index (χ1) is 8.97. The minimum Gasteiger partial charge on any atom is -0.360 e. The van der Waals surface area contributed by atoms with Crippen LogP contribution in [-0.2, 0) is 6.54 Å². The van der Waals surface area contributed by atoms with Gasteiger partial charge in [0, 0.05) is 31.2 Å². The van der Waals surface area contributed by atoms with Crippen molar-refractivity contribution < 1.29 is 4.52 Å². The molecule has 0 aromatic carbocycles. The molecule has 0 spiro atoms. The Morgan fingerprint density at radius 2 is 2.11 bits per heavy atom. The summed E-state index contributed by atoms with van der Waals surface area (Å²) in [7, 11) is 0.